The number of hydrogen-bond acceptors (Lipinski definition) is 4. The van der Waals surface area contributed by atoms with Gasteiger partial charge in [-0.2, -0.15) is 0 Å². The van der Waals surface area contributed by atoms with Crippen LogP contribution in [0.15, 0.2) is 53.4 Å². The zero-order valence-electron chi connectivity index (χ0n) is 11.3. The molecule has 0 spiro atoms. The van der Waals surface area contributed by atoms with Crippen LogP contribution in [0.4, 0.5) is 17.1 Å². The van der Waals surface area contributed by atoms with Gasteiger partial charge in [0.2, 0.25) is 0 Å². The van der Waals surface area contributed by atoms with E-state index in [1.165, 1.54) is 0 Å². The van der Waals surface area contributed by atoms with Gasteiger partial charge in [-0.25, -0.2) is 8.42 Å². The third kappa shape index (κ3) is 3.21. The zero-order valence-corrected chi connectivity index (χ0v) is 12.2. The van der Waals surface area contributed by atoms with Crippen molar-refractivity contribution in [2.24, 2.45) is 0 Å². The van der Waals surface area contributed by atoms with Crippen molar-refractivity contribution >= 4 is 27.1 Å². The Morgan fingerprint density at radius 3 is 1.55 bits per heavy atom. The highest BCUT2D eigenvalue weighted by atomic mass is 32.2. The van der Waals surface area contributed by atoms with Crippen LogP contribution in [0.3, 0.4) is 0 Å². The Balaban J connectivity index is 2.20. The maximum Gasteiger partial charge on any atom is 0.261 e. The summed E-state index contributed by atoms with van der Waals surface area (Å²) in [4.78, 5) is 0.231. The standard InChI is InChI=1S/C14H17N3O2S/c1-15-11-3-5-13(6-4-11)17-20(18,19)14-9-7-12(16-2)8-10-14/h3-10,15-17H,1-2H3. The smallest absolute Gasteiger partial charge is 0.261 e. The van der Waals surface area contributed by atoms with Gasteiger partial charge in [-0.05, 0) is 48.5 Å². The monoisotopic (exact) mass is 291 g/mol. The van der Waals surface area contributed by atoms with E-state index in [1.807, 2.05) is 19.2 Å². The van der Waals surface area contributed by atoms with Gasteiger partial charge in [-0.1, -0.05) is 0 Å². The molecule has 0 saturated heterocycles. The number of anilines is 3. The van der Waals surface area contributed by atoms with E-state index in [4.69, 9.17) is 0 Å². The summed E-state index contributed by atoms with van der Waals surface area (Å²) in [5.74, 6) is 0. The summed E-state index contributed by atoms with van der Waals surface area (Å²) < 4.78 is 27.0. The minimum atomic E-state index is -3.56. The molecule has 0 aliphatic rings. The third-order valence-corrected chi connectivity index (χ3v) is 4.28. The summed E-state index contributed by atoms with van der Waals surface area (Å²) in [6, 6.07) is 13.6. The average molecular weight is 291 g/mol. The summed E-state index contributed by atoms with van der Waals surface area (Å²) in [5.41, 5.74) is 2.32. The van der Waals surface area contributed by atoms with Crippen LogP contribution in [-0.4, -0.2) is 22.5 Å². The number of rotatable bonds is 5. The Hall–Kier alpha value is -2.21. The molecule has 6 heteroatoms. The Bertz CT molecular complexity index is 665. The third-order valence-electron chi connectivity index (χ3n) is 2.88. The zero-order chi connectivity index (χ0) is 14.6. The molecule has 0 fully saturated rings. The van der Waals surface area contributed by atoms with E-state index in [1.54, 1.807) is 43.4 Å². The first-order chi connectivity index (χ1) is 9.55. The minimum Gasteiger partial charge on any atom is -0.388 e. The molecular formula is C14H17N3O2S. The number of benzene rings is 2. The molecule has 0 atom stereocenters. The molecule has 0 aromatic heterocycles. The lowest BCUT2D eigenvalue weighted by molar-refractivity contribution is 0.601. The van der Waals surface area contributed by atoms with E-state index in [-0.39, 0.29) is 4.90 Å². The van der Waals surface area contributed by atoms with E-state index in [2.05, 4.69) is 15.4 Å². The SMILES string of the molecule is CNc1ccc(NS(=O)(=O)c2ccc(NC)cc2)cc1. The van der Waals surface area contributed by atoms with Gasteiger partial charge >= 0.3 is 0 Å². The van der Waals surface area contributed by atoms with E-state index >= 15 is 0 Å². The highest BCUT2D eigenvalue weighted by Crippen LogP contribution is 2.19. The maximum atomic E-state index is 12.2. The maximum absolute atomic E-state index is 12.2. The molecule has 5 nitrogen and oxygen atoms in total. The van der Waals surface area contributed by atoms with Crippen LogP contribution in [0.1, 0.15) is 0 Å². The molecule has 2 aromatic rings. The predicted molar refractivity (Wildman–Crippen MR) is 82.8 cm³/mol. The van der Waals surface area contributed by atoms with Gasteiger partial charge in [-0.3, -0.25) is 4.72 Å². The van der Waals surface area contributed by atoms with Crippen molar-refractivity contribution in [3.8, 4) is 0 Å². The van der Waals surface area contributed by atoms with Crippen molar-refractivity contribution in [2.45, 2.75) is 4.90 Å². The fraction of sp³-hybridized carbons (Fsp3) is 0.143. The Labute approximate surface area is 119 Å². The van der Waals surface area contributed by atoms with Crippen LogP contribution in [0.25, 0.3) is 0 Å². The van der Waals surface area contributed by atoms with Crippen molar-refractivity contribution in [1.82, 2.24) is 0 Å². The van der Waals surface area contributed by atoms with Crippen molar-refractivity contribution in [1.29, 1.82) is 0 Å². The first-order valence-electron chi connectivity index (χ1n) is 6.13. The van der Waals surface area contributed by atoms with Gasteiger partial charge in [0, 0.05) is 31.2 Å². The van der Waals surface area contributed by atoms with Gasteiger partial charge in [0.05, 0.1) is 4.90 Å². The Morgan fingerprint density at radius 1 is 0.700 bits per heavy atom. The van der Waals surface area contributed by atoms with Gasteiger partial charge in [0.25, 0.3) is 10.0 Å². The lowest BCUT2D eigenvalue weighted by Gasteiger charge is -2.09. The second-order valence-corrected chi connectivity index (χ2v) is 5.89. The van der Waals surface area contributed by atoms with E-state index in [9.17, 15) is 8.42 Å². The predicted octanol–water partition coefficient (Wildman–Crippen LogP) is 2.57. The summed E-state index contributed by atoms with van der Waals surface area (Å²) >= 11 is 0. The molecule has 3 N–H and O–H groups in total. The topological polar surface area (TPSA) is 70.2 Å². The number of sulfonamides is 1. The van der Waals surface area contributed by atoms with Crippen LogP contribution >= 0.6 is 0 Å². The normalized spacial score (nSPS) is 10.9. The van der Waals surface area contributed by atoms with E-state index in [0.29, 0.717) is 5.69 Å². The van der Waals surface area contributed by atoms with Crippen LogP contribution in [0, 0.1) is 0 Å². The van der Waals surface area contributed by atoms with E-state index in [0.717, 1.165) is 11.4 Å². The summed E-state index contributed by atoms with van der Waals surface area (Å²) in [7, 11) is 0.0348. The van der Waals surface area contributed by atoms with Crippen LogP contribution in [0.5, 0.6) is 0 Å². The molecule has 0 saturated carbocycles. The largest absolute Gasteiger partial charge is 0.388 e. The van der Waals surface area contributed by atoms with Crippen molar-refractivity contribution in [3.63, 3.8) is 0 Å². The molecule has 0 aliphatic heterocycles. The average Bonchev–Trinajstić information content (AvgIpc) is 2.48. The second kappa shape index (κ2) is 5.83. The lowest BCUT2D eigenvalue weighted by Crippen LogP contribution is -2.12. The highest BCUT2D eigenvalue weighted by molar-refractivity contribution is 7.92. The number of hydrogen-bond donors (Lipinski definition) is 3. The molecule has 2 aromatic carbocycles. The van der Waals surface area contributed by atoms with Crippen LogP contribution < -0.4 is 15.4 Å². The van der Waals surface area contributed by atoms with Gasteiger partial charge < -0.3 is 10.6 Å². The second-order valence-electron chi connectivity index (χ2n) is 4.21. The molecule has 106 valence electrons. The number of nitrogens with one attached hydrogen (secondary N) is 3. The molecule has 2 rings (SSSR count). The molecular weight excluding hydrogens is 274 g/mol. The van der Waals surface area contributed by atoms with Gasteiger partial charge in [0.1, 0.15) is 0 Å². The molecule has 20 heavy (non-hydrogen) atoms. The molecule has 0 radical (unpaired) electrons. The Kier molecular flexibility index (Phi) is 4.14. The summed E-state index contributed by atoms with van der Waals surface area (Å²) in [6.45, 7) is 0. The molecule has 0 heterocycles. The van der Waals surface area contributed by atoms with Crippen LogP contribution in [0.2, 0.25) is 0 Å². The van der Waals surface area contributed by atoms with E-state index < -0.39 is 10.0 Å². The van der Waals surface area contributed by atoms with Crippen LogP contribution in [-0.2, 0) is 10.0 Å². The first-order valence-corrected chi connectivity index (χ1v) is 7.62. The summed E-state index contributed by atoms with van der Waals surface area (Å²) in [6.07, 6.45) is 0. The fourth-order valence-corrected chi connectivity index (χ4v) is 2.78. The molecule has 0 bridgehead atoms. The van der Waals surface area contributed by atoms with Gasteiger partial charge in [-0.15, -0.1) is 0 Å². The fourth-order valence-electron chi connectivity index (χ4n) is 1.72. The van der Waals surface area contributed by atoms with Gasteiger partial charge in [0.15, 0.2) is 0 Å². The van der Waals surface area contributed by atoms with Crippen molar-refractivity contribution in [3.05, 3.63) is 48.5 Å². The van der Waals surface area contributed by atoms with Crippen molar-refractivity contribution in [2.75, 3.05) is 29.5 Å². The van der Waals surface area contributed by atoms with Crippen molar-refractivity contribution < 1.29 is 8.42 Å². The quantitative estimate of drug-likeness (QED) is 0.792. The molecule has 0 unspecified atom stereocenters. The molecule has 0 aliphatic carbocycles. The lowest BCUT2D eigenvalue weighted by atomic mass is 10.3. The highest BCUT2D eigenvalue weighted by Gasteiger charge is 2.13. The minimum absolute atomic E-state index is 0.231. The summed E-state index contributed by atoms with van der Waals surface area (Å²) in [5, 5.41) is 5.92. The first kappa shape index (κ1) is 14.2. The Morgan fingerprint density at radius 2 is 1.10 bits per heavy atom. The molecule has 0 amide bonds.